The van der Waals surface area contributed by atoms with Crippen molar-refractivity contribution in [2.75, 3.05) is 19.6 Å². The molecule has 1 aromatic carbocycles. The summed E-state index contributed by atoms with van der Waals surface area (Å²) in [5, 5.41) is 12.6. The highest BCUT2D eigenvalue weighted by molar-refractivity contribution is 14.0. The predicted octanol–water partition coefficient (Wildman–Crippen LogP) is 1.46. The molecule has 1 saturated heterocycles. The quantitative estimate of drug-likeness (QED) is 0.284. The second-order valence-corrected chi connectivity index (χ2v) is 5.32. The molecule has 1 fully saturated rings. The second kappa shape index (κ2) is 9.81. The van der Waals surface area contributed by atoms with E-state index in [4.69, 9.17) is 5.73 Å². The van der Waals surface area contributed by atoms with Gasteiger partial charge in [0.05, 0.1) is 12.6 Å². The maximum atomic E-state index is 9.61. The minimum absolute atomic E-state index is 0. The lowest BCUT2D eigenvalue weighted by molar-refractivity contribution is 0.174. The minimum Gasteiger partial charge on any atom is -0.392 e. The maximum absolute atomic E-state index is 9.61. The van der Waals surface area contributed by atoms with E-state index in [0.29, 0.717) is 19.0 Å². The monoisotopic (exact) mass is 416 g/mol. The molecule has 1 heterocycles. The highest BCUT2D eigenvalue weighted by Gasteiger charge is 2.20. The summed E-state index contributed by atoms with van der Waals surface area (Å²) in [4.78, 5) is 6.62. The summed E-state index contributed by atoms with van der Waals surface area (Å²) in [7, 11) is 0. The number of rotatable bonds is 6. The van der Waals surface area contributed by atoms with Crippen LogP contribution in [-0.4, -0.2) is 41.7 Å². The number of benzene rings is 1. The first-order valence-electron chi connectivity index (χ1n) is 7.31. The molecule has 6 heteroatoms. The molecule has 1 aliphatic heterocycles. The highest BCUT2D eigenvalue weighted by atomic mass is 127. The van der Waals surface area contributed by atoms with Gasteiger partial charge in [0.15, 0.2) is 5.96 Å². The van der Waals surface area contributed by atoms with E-state index in [2.05, 4.69) is 33.9 Å². The molecular formula is C16H25IN4O. The molecule has 0 radical (unpaired) electrons. The number of hydrogen-bond donors (Lipinski definition) is 3. The molecule has 0 saturated carbocycles. The van der Waals surface area contributed by atoms with Gasteiger partial charge in [-0.05, 0) is 17.5 Å². The number of β-amino-alcohol motifs (C(OH)–C–C–N with tert-alkyl or cyclic N) is 1. The van der Waals surface area contributed by atoms with Crippen molar-refractivity contribution in [1.29, 1.82) is 0 Å². The van der Waals surface area contributed by atoms with Crippen LogP contribution in [0.25, 0.3) is 0 Å². The summed E-state index contributed by atoms with van der Waals surface area (Å²) in [6.45, 7) is 7.35. The zero-order valence-electron chi connectivity index (χ0n) is 12.7. The molecule has 5 nitrogen and oxygen atoms in total. The van der Waals surface area contributed by atoms with E-state index in [1.807, 2.05) is 12.1 Å². The number of aliphatic imine (C=N–C) groups is 1. The Morgan fingerprint density at radius 2 is 2.18 bits per heavy atom. The first-order chi connectivity index (χ1) is 10.2. The zero-order chi connectivity index (χ0) is 15.1. The predicted molar refractivity (Wildman–Crippen MR) is 101 cm³/mol. The molecule has 0 aliphatic carbocycles. The van der Waals surface area contributed by atoms with E-state index in [9.17, 15) is 5.11 Å². The van der Waals surface area contributed by atoms with Crippen molar-refractivity contribution in [2.45, 2.75) is 25.6 Å². The van der Waals surface area contributed by atoms with Crippen LogP contribution >= 0.6 is 24.0 Å². The number of aliphatic hydroxyl groups is 1. The van der Waals surface area contributed by atoms with E-state index < -0.39 is 0 Å². The fourth-order valence-corrected chi connectivity index (χ4v) is 2.47. The van der Waals surface area contributed by atoms with Gasteiger partial charge in [0, 0.05) is 26.2 Å². The summed E-state index contributed by atoms with van der Waals surface area (Å²) >= 11 is 0. The van der Waals surface area contributed by atoms with Gasteiger partial charge in [-0.15, -0.1) is 30.6 Å². The number of likely N-dealkylation sites (tertiary alicyclic amines) is 1. The Bertz CT molecular complexity index is 507. The molecule has 1 aliphatic rings. The molecule has 0 aromatic heterocycles. The molecule has 22 heavy (non-hydrogen) atoms. The van der Waals surface area contributed by atoms with E-state index in [-0.39, 0.29) is 30.1 Å². The summed E-state index contributed by atoms with van der Waals surface area (Å²) in [5.41, 5.74) is 8.20. The number of nitrogens with zero attached hydrogens (tertiary/aromatic N) is 2. The standard InChI is InChI=1S/C16H24N4O.HI/c1-2-8-18-16(17)19-10-13-5-3-4-6-14(13)11-20-9-7-15(21)12-20;/h2-6,15,21H,1,7-12H2,(H3,17,18,19);1H. The molecule has 0 amide bonds. The van der Waals surface area contributed by atoms with E-state index in [1.54, 1.807) is 6.08 Å². The fourth-order valence-electron chi connectivity index (χ4n) is 2.47. The van der Waals surface area contributed by atoms with Gasteiger partial charge >= 0.3 is 0 Å². The van der Waals surface area contributed by atoms with Gasteiger partial charge in [0.2, 0.25) is 0 Å². The third-order valence-electron chi connectivity index (χ3n) is 3.61. The van der Waals surface area contributed by atoms with Crippen molar-refractivity contribution >= 4 is 29.9 Å². The van der Waals surface area contributed by atoms with Crippen molar-refractivity contribution in [1.82, 2.24) is 10.2 Å². The Kier molecular flexibility index (Phi) is 8.44. The van der Waals surface area contributed by atoms with Crippen LogP contribution in [0.3, 0.4) is 0 Å². The fraction of sp³-hybridized carbons (Fsp3) is 0.438. The van der Waals surface area contributed by atoms with Crippen molar-refractivity contribution in [3.63, 3.8) is 0 Å². The number of aliphatic hydroxyl groups excluding tert-OH is 1. The Labute approximate surface area is 149 Å². The maximum Gasteiger partial charge on any atom is 0.189 e. The van der Waals surface area contributed by atoms with Crippen LogP contribution in [0.15, 0.2) is 41.9 Å². The Morgan fingerprint density at radius 1 is 1.45 bits per heavy atom. The summed E-state index contributed by atoms with van der Waals surface area (Å²) in [5.74, 6) is 0.432. The van der Waals surface area contributed by atoms with E-state index in [1.165, 1.54) is 11.1 Å². The minimum atomic E-state index is -0.186. The smallest absolute Gasteiger partial charge is 0.189 e. The molecular weight excluding hydrogens is 391 g/mol. The first-order valence-corrected chi connectivity index (χ1v) is 7.31. The third-order valence-corrected chi connectivity index (χ3v) is 3.61. The van der Waals surface area contributed by atoms with Crippen LogP contribution in [0.4, 0.5) is 0 Å². The molecule has 1 atom stereocenters. The van der Waals surface area contributed by atoms with Crippen LogP contribution < -0.4 is 11.1 Å². The normalized spacial score (nSPS) is 18.8. The molecule has 2 rings (SSSR count). The van der Waals surface area contributed by atoms with Crippen molar-refractivity contribution in [3.05, 3.63) is 48.0 Å². The van der Waals surface area contributed by atoms with Gasteiger partial charge in [0.1, 0.15) is 0 Å². The summed E-state index contributed by atoms with van der Waals surface area (Å²) in [6.07, 6.45) is 2.42. The summed E-state index contributed by atoms with van der Waals surface area (Å²) in [6, 6.07) is 8.24. The zero-order valence-corrected chi connectivity index (χ0v) is 15.1. The Hall–Kier alpha value is -1.12. The van der Waals surface area contributed by atoms with E-state index in [0.717, 1.165) is 26.1 Å². The lowest BCUT2D eigenvalue weighted by Crippen LogP contribution is -2.31. The Balaban J connectivity index is 0.00000242. The number of guanidine groups is 1. The lowest BCUT2D eigenvalue weighted by Gasteiger charge is -2.17. The lowest BCUT2D eigenvalue weighted by atomic mass is 10.1. The molecule has 1 aromatic rings. The number of nitrogens with one attached hydrogen (secondary N) is 1. The topological polar surface area (TPSA) is 73.9 Å². The van der Waals surface area contributed by atoms with Gasteiger partial charge in [-0.1, -0.05) is 30.3 Å². The van der Waals surface area contributed by atoms with Gasteiger partial charge < -0.3 is 16.2 Å². The van der Waals surface area contributed by atoms with Gasteiger partial charge in [0.25, 0.3) is 0 Å². The van der Waals surface area contributed by atoms with E-state index >= 15 is 0 Å². The number of nitrogens with two attached hydrogens (primary N) is 1. The molecule has 4 N–H and O–H groups in total. The van der Waals surface area contributed by atoms with Crippen LogP contribution in [0.2, 0.25) is 0 Å². The third kappa shape index (κ3) is 5.94. The average molecular weight is 416 g/mol. The Morgan fingerprint density at radius 3 is 2.82 bits per heavy atom. The second-order valence-electron chi connectivity index (χ2n) is 5.32. The van der Waals surface area contributed by atoms with Gasteiger partial charge in [-0.25, -0.2) is 4.99 Å². The van der Waals surface area contributed by atoms with Crippen LogP contribution in [-0.2, 0) is 13.1 Å². The highest BCUT2D eigenvalue weighted by Crippen LogP contribution is 2.17. The summed E-state index contributed by atoms with van der Waals surface area (Å²) < 4.78 is 0. The largest absolute Gasteiger partial charge is 0.392 e. The molecule has 122 valence electrons. The molecule has 0 spiro atoms. The van der Waals surface area contributed by atoms with Crippen LogP contribution in [0, 0.1) is 0 Å². The van der Waals surface area contributed by atoms with Crippen LogP contribution in [0.5, 0.6) is 0 Å². The number of hydrogen-bond acceptors (Lipinski definition) is 3. The van der Waals surface area contributed by atoms with Crippen LogP contribution in [0.1, 0.15) is 17.5 Å². The van der Waals surface area contributed by atoms with Gasteiger partial charge in [-0.3, -0.25) is 4.90 Å². The SMILES string of the molecule is C=CCNC(N)=NCc1ccccc1CN1CCC(O)C1.I. The average Bonchev–Trinajstić information content (AvgIpc) is 2.89. The van der Waals surface area contributed by atoms with Crippen molar-refractivity contribution in [3.8, 4) is 0 Å². The molecule has 0 bridgehead atoms. The first kappa shape index (κ1) is 18.9. The van der Waals surface area contributed by atoms with Crippen molar-refractivity contribution < 1.29 is 5.11 Å². The van der Waals surface area contributed by atoms with Gasteiger partial charge in [-0.2, -0.15) is 0 Å². The van der Waals surface area contributed by atoms with Crippen molar-refractivity contribution in [2.24, 2.45) is 10.7 Å². The number of halogens is 1. The molecule has 1 unspecified atom stereocenters.